The van der Waals surface area contributed by atoms with Gasteiger partial charge in [-0.1, -0.05) is 0 Å². The van der Waals surface area contributed by atoms with Crippen molar-refractivity contribution < 1.29 is 14.8 Å². The molecule has 0 aromatic carbocycles. The van der Waals surface area contributed by atoms with Gasteiger partial charge in [-0.05, 0) is 19.9 Å². The van der Waals surface area contributed by atoms with Crippen molar-refractivity contribution >= 4 is 18.4 Å². The molecule has 2 heterocycles. The van der Waals surface area contributed by atoms with Gasteiger partial charge in [0, 0.05) is 20.1 Å². The second kappa shape index (κ2) is 5.32. The molecule has 7 nitrogen and oxygen atoms in total. The zero-order chi connectivity index (χ0) is 14.2. The Morgan fingerprint density at radius 2 is 1.95 bits per heavy atom. The van der Waals surface area contributed by atoms with Crippen LogP contribution in [0.15, 0.2) is 10.9 Å². The van der Waals surface area contributed by atoms with E-state index in [1.54, 1.807) is 0 Å². The normalized spacial score (nSPS) is 23.5. The summed E-state index contributed by atoms with van der Waals surface area (Å²) in [5, 5.41) is 22.2. The molecule has 0 bridgehead atoms. The van der Waals surface area contributed by atoms with Crippen LogP contribution in [-0.2, 0) is 11.8 Å². The summed E-state index contributed by atoms with van der Waals surface area (Å²) in [6.45, 7) is 5.06. The summed E-state index contributed by atoms with van der Waals surface area (Å²) in [7, 11) is -0.202. The Bertz CT molecular complexity index is 509. The van der Waals surface area contributed by atoms with Crippen molar-refractivity contribution in [1.82, 2.24) is 9.78 Å². The number of ether oxygens (including phenoxy) is 1. The first kappa shape index (κ1) is 14.0. The topological polar surface area (TPSA) is 87.8 Å². The molecule has 0 aliphatic carbocycles. The summed E-state index contributed by atoms with van der Waals surface area (Å²) in [6, 6.07) is 1.43. The highest BCUT2D eigenvalue weighted by molar-refractivity contribution is 6.57. The maximum atomic E-state index is 12.1. The third kappa shape index (κ3) is 2.97. The Labute approximate surface area is 111 Å². The van der Waals surface area contributed by atoms with Crippen molar-refractivity contribution in [3.8, 4) is 0 Å². The fraction of sp³-hybridized carbons (Fsp3) is 0.636. The molecule has 2 N–H and O–H groups in total. The smallest absolute Gasteiger partial charge is 0.422 e. The van der Waals surface area contributed by atoms with Gasteiger partial charge in [-0.15, -0.1) is 0 Å². The van der Waals surface area contributed by atoms with Gasteiger partial charge in [0.1, 0.15) is 5.69 Å². The molecule has 0 spiro atoms. The Hall–Kier alpha value is -1.38. The highest BCUT2D eigenvalue weighted by Gasteiger charge is 2.26. The lowest BCUT2D eigenvalue weighted by Gasteiger charge is -2.36. The van der Waals surface area contributed by atoms with Gasteiger partial charge in [0.25, 0.3) is 5.56 Å². The van der Waals surface area contributed by atoms with Crippen LogP contribution in [0.4, 0.5) is 5.69 Å². The monoisotopic (exact) mass is 267 g/mol. The number of anilines is 1. The number of aromatic nitrogens is 2. The Morgan fingerprint density at radius 3 is 2.47 bits per heavy atom. The summed E-state index contributed by atoms with van der Waals surface area (Å²) < 4.78 is 6.74. The largest absolute Gasteiger partial charge is 0.510 e. The summed E-state index contributed by atoms with van der Waals surface area (Å²) in [5.41, 5.74) is 0.220. The van der Waals surface area contributed by atoms with Crippen LogP contribution in [0.3, 0.4) is 0 Å². The second-order valence-corrected chi connectivity index (χ2v) is 4.92. The molecule has 8 heteroatoms. The maximum absolute atomic E-state index is 12.1. The minimum Gasteiger partial charge on any atom is -0.422 e. The van der Waals surface area contributed by atoms with Gasteiger partial charge in [-0.2, -0.15) is 5.10 Å². The van der Waals surface area contributed by atoms with Crippen molar-refractivity contribution in [3.63, 3.8) is 0 Å². The Balaban J connectivity index is 2.40. The van der Waals surface area contributed by atoms with Gasteiger partial charge < -0.3 is 19.7 Å². The van der Waals surface area contributed by atoms with Crippen LogP contribution in [0.2, 0.25) is 0 Å². The number of aryl methyl sites for hydroxylation is 1. The molecular weight excluding hydrogens is 249 g/mol. The van der Waals surface area contributed by atoms with Crippen molar-refractivity contribution in [2.24, 2.45) is 7.05 Å². The van der Waals surface area contributed by atoms with Gasteiger partial charge in [-0.3, -0.25) is 4.79 Å². The van der Waals surface area contributed by atoms with Gasteiger partial charge >= 0.3 is 7.12 Å². The van der Waals surface area contributed by atoms with Gasteiger partial charge in [0.2, 0.25) is 0 Å². The predicted molar refractivity (Wildman–Crippen MR) is 71.5 cm³/mol. The molecule has 1 aliphatic rings. The summed E-state index contributed by atoms with van der Waals surface area (Å²) in [5.74, 6) is 0. The minimum atomic E-state index is -1.69. The molecule has 1 aromatic rings. The first-order chi connectivity index (χ1) is 8.88. The number of hydrogen-bond acceptors (Lipinski definition) is 6. The first-order valence-electron chi connectivity index (χ1n) is 6.23. The van der Waals surface area contributed by atoms with Crippen molar-refractivity contribution in [3.05, 3.63) is 16.4 Å². The zero-order valence-electron chi connectivity index (χ0n) is 11.3. The van der Waals surface area contributed by atoms with E-state index in [0.717, 1.165) is 4.68 Å². The van der Waals surface area contributed by atoms with Gasteiger partial charge in [0.05, 0.1) is 17.8 Å². The fourth-order valence-corrected chi connectivity index (χ4v) is 2.34. The number of morpholine rings is 1. The van der Waals surface area contributed by atoms with E-state index < -0.39 is 7.12 Å². The Morgan fingerprint density at radius 1 is 1.37 bits per heavy atom. The number of nitrogens with zero attached hydrogens (tertiary/aromatic N) is 3. The highest BCUT2D eigenvalue weighted by atomic mass is 16.5. The van der Waals surface area contributed by atoms with E-state index in [4.69, 9.17) is 4.74 Å². The van der Waals surface area contributed by atoms with E-state index in [9.17, 15) is 14.8 Å². The van der Waals surface area contributed by atoms with E-state index in [2.05, 4.69) is 5.10 Å². The van der Waals surface area contributed by atoms with E-state index in [0.29, 0.717) is 18.8 Å². The van der Waals surface area contributed by atoms with E-state index in [1.807, 2.05) is 18.7 Å². The standard InChI is InChI=1S/C11H18BN3O4/c1-7-5-15(6-8(2)19-7)9-4-10(12(17)18)13-14(3)11(9)16/h4,7-8,17-18H,5-6H2,1-3H3/t7-,8+. The van der Waals surface area contributed by atoms with Crippen LogP contribution in [0.5, 0.6) is 0 Å². The molecule has 1 saturated heterocycles. The lowest BCUT2D eigenvalue weighted by molar-refractivity contribution is -0.00532. The molecule has 0 unspecified atom stereocenters. The first-order valence-corrected chi connectivity index (χ1v) is 6.23. The molecule has 1 fully saturated rings. The molecule has 1 aromatic heterocycles. The van der Waals surface area contributed by atoms with Crippen molar-refractivity contribution in [1.29, 1.82) is 0 Å². The summed E-state index contributed by atoms with van der Waals surface area (Å²) in [4.78, 5) is 14.0. The quantitative estimate of drug-likeness (QED) is 0.607. The molecule has 0 radical (unpaired) electrons. The molecule has 2 rings (SSSR count). The molecule has 0 saturated carbocycles. The van der Waals surface area contributed by atoms with Gasteiger partial charge in [0.15, 0.2) is 0 Å². The van der Waals surface area contributed by atoms with Gasteiger partial charge in [-0.25, -0.2) is 4.68 Å². The number of rotatable bonds is 2. The molecule has 19 heavy (non-hydrogen) atoms. The zero-order valence-corrected chi connectivity index (χ0v) is 11.3. The van der Waals surface area contributed by atoms with Crippen LogP contribution in [-0.4, -0.2) is 52.2 Å². The average Bonchev–Trinajstić information content (AvgIpc) is 2.30. The number of hydrogen-bond donors (Lipinski definition) is 2. The SMILES string of the molecule is C[C@@H]1CN(c2cc(B(O)O)nn(C)c2=O)C[C@H](C)O1. The van der Waals surface area contributed by atoms with Crippen LogP contribution in [0, 0.1) is 0 Å². The Kier molecular flexibility index (Phi) is 3.93. The average molecular weight is 267 g/mol. The minimum absolute atomic E-state index is 0.0177. The van der Waals surface area contributed by atoms with Crippen LogP contribution in [0.1, 0.15) is 13.8 Å². The maximum Gasteiger partial charge on any atom is 0.510 e. The van der Waals surface area contributed by atoms with Crippen LogP contribution in [0.25, 0.3) is 0 Å². The molecular formula is C11H18BN3O4. The van der Waals surface area contributed by atoms with E-state index in [1.165, 1.54) is 13.1 Å². The summed E-state index contributed by atoms with van der Waals surface area (Å²) in [6.07, 6.45) is 0.0354. The third-order valence-corrected chi connectivity index (χ3v) is 3.09. The lowest BCUT2D eigenvalue weighted by Crippen LogP contribution is -2.49. The highest BCUT2D eigenvalue weighted by Crippen LogP contribution is 2.15. The lowest BCUT2D eigenvalue weighted by atomic mass is 9.86. The third-order valence-electron chi connectivity index (χ3n) is 3.09. The van der Waals surface area contributed by atoms with Crippen LogP contribution < -0.4 is 16.1 Å². The molecule has 2 atom stereocenters. The fourth-order valence-electron chi connectivity index (χ4n) is 2.34. The summed E-state index contributed by atoms with van der Waals surface area (Å²) >= 11 is 0. The van der Waals surface area contributed by atoms with E-state index in [-0.39, 0.29) is 23.4 Å². The predicted octanol–water partition coefficient (Wildman–Crippen LogP) is -1.93. The van der Waals surface area contributed by atoms with E-state index >= 15 is 0 Å². The second-order valence-electron chi connectivity index (χ2n) is 4.92. The van der Waals surface area contributed by atoms with Crippen molar-refractivity contribution in [2.75, 3.05) is 18.0 Å². The molecule has 0 amide bonds. The van der Waals surface area contributed by atoms with Crippen molar-refractivity contribution in [2.45, 2.75) is 26.1 Å². The molecule has 104 valence electrons. The molecule has 1 aliphatic heterocycles. The van der Waals surface area contributed by atoms with Crippen LogP contribution >= 0.6 is 0 Å².